The number of guanidine groups is 1. The maximum absolute atomic E-state index is 12.6. The van der Waals surface area contributed by atoms with Crippen LogP contribution in [-0.2, 0) is 19.3 Å². The lowest BCUT2D eigenvalue weighted by Crippen LogP contribution is -2.38. The van der Waals surface area contributed by atoms with Crippen LogP contribution >= 0.6 is 11.3 Å². The van der Waals surface area contributed by atoms with E-state index in [1.807, 2.05) is 19.2 Å². The number of ether oxygens (including phenoxy) is 2. The van der Waals surface area contributed by atoms with Crippen molar-refractivity contribution in [1.29, 1.82) is 0 Å². The van der Waals surface area contributed by atoms with E-state index in [0.29, 0.717) is 19.5 Å². The summed E-state index contributed by atoms with van der Waals surface area (Å²) >= 11 is 1.72. The molecule has 0 aliphatic carbocycles. The second kappa shape index (κ2) is 12.2. The maximum Gasteiger partial charge on any atom is 0.387 e. The zero-order valence-electron chi connectivity index (χ0n) is 17.0. The number of hydrogen-bond donors (Lipinski definition) is 2. The molecule has 0 bridgehead atoms. The summed E-state index contributed by atoms with van der Waals surface area (Å²) in [6.45, 7) is 3.22. The van der Waals surface area contributed by atoms with Crippen LogP contribution in [0.2, 0.25) is 0 Å². The third kappa shape index (κ3) is 7.84. The average molecular weight is 427 g/mol. The largest absolute Gasteiger partial charge is 0.493 e. The summed E-state index contributed by atoms with van der Waals surface area (Å²) in [5, 5.41) is 7.56. The molecule has 2 aromatic rings. The molecule has 0 spiro atoms. The highest BCUT2D eigenvalue weighted by Crippen LogP contribution is 2.29. The van der Waals surface area contributed by atoms with E-state index in [9.17, 15) is 8.78 Å². The van der Waals surface area contributed by atoms with Gasteiger partial charge < -0.3 is 20.1 Å². The van der Waals surface area contributed by atoms with Crippen molar-refractivity contribution in [3.05, 3.63) is 39.8 Å². The van der Waals surface area contributed by atoms with Crippen molar-refractivity contribution in [1.82, 2.24) is 15.6 Å². The van der Waals surface area contributed by atoms with Gasteiger partial charge in [0.25, 0.3) is 0 Å². The molecule has 1 heterocycles. The van der Waals surface area contributed by atoms with E-state index in [0.717, 1.165) is 35.9 Å². The van der Waals surface area contributed by atoms with Gasteiger partial charge in [-0.05, 0) is 37.5 Å². The number of methoxy groups -OCH3 is 1. The third-order valence-electron chi connectivity index (χ3n) is 4.04. The number of nitrogens with one attached hydrogen (secondary N) is 2. The molecular weight excluding hydrogens is 398 g/mol. The van der Waals surface area contributed by atoms with E-state index in [1.165, 1.54) is 12.0 Å². The standard InChI is InChI=1S/C20H28F2N4O2S/c1-4-15-13-26-18(29-15)9-11-25-20(23-5-2)24-10-8-14-6-7-16(27-3)17(12-14)28-19(21)22/h6-7,12-13,19H,4-5,8-11H2,1-3H3,(H2,23,24,25). The van der Waals surface area contributed by atoms with Crippen LogP contribution in [0, 0.1) is 0 Å². The second-order valence-electron chi connectivity index (χ2n) is 6.13. The number of aromatic nitrogens is 1. The number of rotatable bonds is 11. The first-order chi connectivity index (χ1) is 14.0. The Balaban J connectivity index is 1.87. The van der Waals surface area contributed by atoms with Gasteiger partial charge in [0, 0.05) is 37.1 Å². The minimum Gasteiger partial charge on any atom is -0.493 e. The number of aryl methyl sites for hydroxylation is 1. The predicted octanol–water partition coefficient (Wildman–Crippen LogP) is 3.66. The van der Waals surface area contributed by atoms with Gasteiger partial charge in [-0.3, -0.25) is 4.99 Å². The molecular formula is C20H28F2N4O2S. The van der Waals surface area contributed by atoms with Crippen molar-refractivity contribution in [3.63, 3.8) is 0 Å². The number of halogens is 2. The lowest BCUT2D eigenvalue weighted by molar-refractivity contribution is -0.0512. The fourth-order valence-corrected chi connectivity index (χ4v) is 3.47. The Morgan fingerprint density at radius 1 is 1.21 bits per heavy atom. The molecule has 0 aliphatic heterocycles. The minimum absolute atomic E-state index is 0.0375. The summed E-state index contributed by atoms with van der Waals surface area (Å²) in [6, 6.07) is 5.03. The van der Waals surface area contributed by atoms with Crippen molar-refractivity contribution in [2.24, 2.45) is 4.99 Å². The van der Waals surface area contributed by atoms with Gasteiger partial charge >= 0.3 is 6.61 Å². The van der Waals surface area contributed by atoms with Gasteiger partial charge in [-0.1, -0.05) is 13.0 Å². The highest BCUT2D eigenvalue weighted by molar-refractivity contribution is 7.11. The third-order valence-corrected chi connectivity index (χ3v) is 5.24. The normalized spacial score (nSPS) is 11.6. The molecule has 2 rings (SSSR count). The summed E-state index contributed by atoms with van der Waals surface area (Å²) in [6.07, 6.45) is 4.35. The van der Waals surface area contributed by atoms with Gasteiger partial charge in [-0.25, -0.2) is 4.98 Å². The molecule has 29 heavy (non-hydrogen) atoms. The smallest absolute Gasteiger partial charge is 0.387 e. The first-order valence-corrected chi connectivity index (χ1v) is 10.4. The predicted molar refractivity (Wildman–Crippen MR) is 113 cm³/mol. The number of thiazole rings is 1. The Hall–Kier alpha value is -2.42. The van der Waals surface area contributed by atoms with Crippen LogP contribution in [0.5, 0.6) is 11.5 Å². The van der Waals surface area contributed by atoms with Crippen LogP contribution in [0.1, 0.15) is 29.3 Å². The van der Waals surface area contributed by atoms with Crippen LogP contribution in [0.4, 0.5) is 8.78 Å². The topological polar surface area (TPSA) is 67.8 Å². The minimum atomic E-state index is -2.89. The van der Waals surface area contributed by atoms with E-state index in [4.69, 9.17) is 4.74 Å². The molecule has 6 nitrogen and oxygen atoms in total. The van der Waals surface area contributed by atoms with Crippen molar-refractivity contribution in [2.75, 3.05) is 26.7 Å². The highest BCUT2D eigenvalue weighted by Gasteiger charge is 2.11. The maximum atomic E-state index is 12.6. The zero-order chi connectivity index (χ0) is 21.1. The first-order valence-electron chi connectivity index (χ1n) is 9.63. The molecule has 160 valence electrons. The summed E-state index contributed by atoms with van der Waals surface area (Å²) in [5.41, 5.74) is 0.861. The molecule has 2 N–H and O–H groups in total. The summed E-state index contributed by atoms with van der Waals surface area (Å²) in [5.74, 6) is 1.04. The van der Waals surface area contributed by atoms with Crippen molar-refractivity contribution < 1.29 is 18.3 Å². The van der Waals surface area contributed by atoms with Crippen molar-refractivity contribution in [3.8, 4) is 11.5 Å². The van der Waals surface area contributed by atoms with E-state index in [-0.39, 0.29) is 11.5 Å². The second-order valence-corrected chi connectivity index (χ2v) is 7.32. The fraction of sp³-hybridized carbons (Fsp3) is 0.500. The Kier molecular flexibility index (Phi) is 9.63. The zero-order valence-corrected chi connectivity index (χ0v) is 17.8. The van der Waals surface area contributed by atoms with E-state index in [1.54, 1.807) is 23.5 Å². The molecule has 9 heteroatoms. The number of hydrogen-bond acceptors (Lipinski definition) is 5. The number of benzene rings is 1. The van der Waals surface area contributed by atoms with Gasteiger partial charge in [0.15, 0.2) is 17.5 Å². The molecule has 0 atom stereocenters. The Labute approximate surface area is 174 Å². The fourth-order valence-electron chi connectivity index (χ4n) is 2.62. The van der Waals surface area contributed by atoms with Crippen LogP contribution < -0.4 is 20.1 Å². The van der Waals surface area contributed by atoms with E-state index in [2.05, 4.69) is 32.3 Å². The van der Waals surface area contributed by atoms with Crippen LogP contribution in [0.3, 0.4) is 0 Å². The molecule has 0 fully saturated rings. The molecule has 0 saturated heterocycles. The van der Waals surface area contributed by atoms with Gasteiger partial charge in [-0.2, -0.15) is 8.78 Å². The number of nitrogens with zero attached hydrogens (tertiary/aromatic N) is 2. The van der Waals surface area contributed by atoms with Crippen LogP contribution in [-0.4, -0.2) is 44.3 Å². The number of alkyl halides is 2. The Morgan fingerprint density at radius 2 is 2.03 bits per heavy atom. The van der Waals surface area contributed by atoms with E-state index >= 15 is 0 Å². The number of aliphatic imine (C=N–C) groups is 1. The molecule has 0 amide bonds. The molecule has 1 aromatic heterocycles. The van der Waals surface area contributed by atoms with Gasteiger partial charge in [0.05, 0.1) is 12.1 Å². The van der Waals surface area contributed by atoms with Crippen LogP contribution in [0.15, 0.2) is 29.4 Å². The lowest BCUT2D eigenvalue weighted by Gasteiger charge is -2.13. The van der Waals surface area contributed by atoms with Gasteiger partial charge in [0.2, 0.25) is 0 Å². The lowest BCUT2D eigenvalue weighted by atomic mass is 10.1. The summed E-state index contributed by atoms with van der Waals surface area (Å²) in [4.78, 5) is 10.3. The highest BCUT2D eigenvalue weighted by atomic mass is 32.1. The van der Waals surface area contributed by atoms with Crippen molar-refractivity contribution >= 4 is 17.3 Å². The van der Waals surface area contributed by atoms with E-state index < -0.39 is 6.61 Å². The molecule has 0 aliphatic rings. The summed E-state index contributed by atoms with van der Waals surface area (Å²) < 4.78 is 34.7. The average Bonchev–Trinajstić information content (AvgIpc) is 3.16. The van der Waals surface area contributed by atoms with Crippen LogP contribution in [0.25, 0.3) is 0 Å². The molecule has 0 saturated carbocycles. The Bertz CT molecular complexity index is 784. The monoisotopic (exact) mass is 426 g/mol. The van der Waals surface area contributed by atoms with Crippen molar-refractivity contribution in [2.45, 2.75) is 39.7 Å². The molecule has 0 unspecified atom stereocenters. The molecule has 0 radical (unpaired) electrons. The quantitative estimate of drug-likeness (QED) is 0.424. The first kappa shape index (κ1) is 22.9. The summed E-state index contributed by atoms with van der Waals surface area (Å²) in [7, 11) is 1.42. The van der Waals surface area contributed by atoms with Gasteiger partial charge in [0.1, 0.15) is 0 Å². The SMILES string of the molecule is CCNC(=NCCc1ncc(CC)s1)NCCc1ccc(OC)c(OC(F)F)c1. The molecule has 1 aromatic carbocycles. The Morgan fingerprint density at radius 3 is 2.69 bits per heavy atom. The van der Waals surface area contributed by atoms with Gasteiger partial charge in [-0.15, -0.1) is 11.3 Å².